The predicted octanol–water partition coefficient (Wildman–Crippen LogP) is 3.27. The van der Waals surface area contributed by atoms with E-state index in [1.807, 2.05) is 6.07 Å². The number of hydrogen-bond acceptors (Lipinski definition) is 2. The van der Waals surface area contributed by atoms with E-state index in [9.17, 15) is 0 Å². The first-order chi connectivity index (χ1) is 8.93. The summed E-state index contributed by atoms with van der Waals surface area (Å²) in [6, 6.07) is 18.9. The van der Waals surface area contributed by atoms with E-state index in [0.29, 0.717) is 13.2 Å². The standard InChI is InChI=1S/C16H16O2/c1-2-6-13(7-3-1)15-9-5-4-8-14(15)12-16-17-10-11-18-16/h1-9,16H,10-12H2. The van der Waals surface area contributed by atoms with Gasteiger partial charge in [0.15, 0.2) is 6.29 Å². The molecule has 92 valence electrons. The van der Waals surface area contributed by atoms with Crippen molar-refractivity contribution < 1.29 is 9.47 Å². The quantitative estimate of drug-likeness (QED) is 0.819. The maximum atomic E-state index is 5.53. The number of hydrogen-bond donors (Lipinski definition) is 0. The second-order valence-corrected chi connectivity index (χ2v) is 4.40. The molecule has 1 heterocycles. The van der Waals surface area contributed by atoms with Gasteiger partial charge in [0.25, 0.3) is 0 Å². The van der Waals surface area contributed by atoms with Crippen molar-refractivity contribution in [2.45, 2.75) is 12.7 Å². The van der Waals surface area contributed by atoms with Crippen molar-refractivity contribution in [1.82, 2.24) is 0 Å². The van der Waals surface area contributed by atoms with Gasteiger partial charge in [-0.2, -0.15) is 0 Å². The lowest BCUT2D eigenvalue weighted by molar-refractivity contribution is -0.0399. The number of benzene rings is 2. The Morgan fingerprint density at radius 3 is 2.28 bits per heavy atom. The van der Waals surface area contributed by atoms with E-state index in [0.717, 1.165) is 6.42 Å². The molecular formula is C16H16O2. The topological polar surface area (TPSA) is 18.5 Å². The van der Waals surface area contributed by atoms with E-state index in [4.69, 9.17) is 9.47 Å². The van der Waals surface area contributed by atoms with E-state index in [1.165, 1.54) is 16.7 Å². The van der Waals surface area contributed by atoms with Gasteiger partial charge in [0, 0.05) is 6.42 Å². The molecule has 1 fully saturated rings. The predicted molar refractivity (Wildman–Crippen MR) is 71.3 cm³/mol. The Kier molecular flexibility index (Phi) is 3.40. The Morgan fingerprint density at radius 1 is 0.833 bits per heavy atom. The molecule has 2 nitrogen and oxygen atoms in total. The molecule has 3 rings (SSSR count). The first kappa shape index (κ1) is 11.5. The van der Waals surface area contributed by atoms with Gasteiger partial charge in [-0.3, -0.25) is 0 Å². The minimum atomic E-state index is -0.0881. The van der Waals surface area contributed by atoms with Crippen LogP contribution in [0.4, 0.5) is 0 Å². The molecule has 0 radical (unpaired) electrons. The highest BCUT2D eigenvalue weighted by molar-refractivity contribution is 5.67. The zero-order chi connectivity index (χ0) is 12.2. The van der Waals surface area contributed by atoms with Crippen molar-refractivity contribution in [2.24, 2.45) is 0 Å². The normalized spacial score (nSPS) is 16.0. The Morgan fingerprint density at radius 2 is 1.50 bits per heavy atom. The van der Waals surface area contributed by atoms with Crippen LogP contribution in [0.3, 0.4) is 0 Å². The van der Waals surface area contributed by atoms with Crippen LogP contribution >= 0.6 is 0 Å². The third-order valence-electron chi connectivity index (χ3n) is 3.18. The van der Waals surface area contributed by atoms with Crippen LogP contribution < -0.4 is 0 Å². The molecule has 0 spiro atoms. The maximum absolute atomic E-state index is 5.53. The third kappa shape index (κ3) is 2.45. The summed E-state index contributed by atoms with van der Waals surface area (Å²) in [7, 11) is 0. The molecule has 2 heteroatoms. The first-order valence-corrected chi connectivity index (χ1v) is 6.30. The molecule has 0 saturated carbocycles. The van der Waals surface area contributed by atoms with Gasteiger partial charge in [0.05, 0.1) is 13.2 Å². The lowest BCUT2D eigenvalue weighted by Gasteiger charge is -2.13. The largest absolute Gasteiger partial charge is 0.350 e. The zero-order valence-electron chi connectivity index (χ0n) is 10.2. The molecule has 0 aliphatic carbocycles. The Hall–Kier alpha value is -1.64. The molecular weight excluding hydrogens is 224 g/mol. The highest BCUT2D eigenvalue weighted by Gasteiger charge is 2.17. The molecule has 1 aliphatic heterocycles. The minimum absolute atomic E-state index is 0.0881. The molecule has 0 bridgehead atoms. The molecule has 0 atom stereocenters. The summed E-state index contributed by atoms with van der Waals surface area (Å²) < 4.78 is 11.1. The van der Waals surface area contributed by atoms with Gasteiger partial charge in [-0.25, -0.2) is 0 Å². The minimum Gasteiger partial charge on any atom is -0.350 e. The van der Waals surface area contributed by atoms with Crippen LogP contribution in [0.5, 0.6) is 0 Å². The Labute approximate surface area is 107 Å². The van der Waals surface area contributed by atoms with Gasteiger partial charge in [0.1, 0.15) is 0 Å². The van der Waals surface area contributed by atoms with Gasteiger partial charge < -0.3 is 9.47 Å². The van der Waals surface area contributed by atoms with Crippen molar-refractivity contribution in [3.63, 3.8) is 0 Å². The summed E-state index contributed by atoms with van der Waals surface area (Å²) in [6.45, 7) is 1.41. The number of ether oxygens (including phenoxy) is 2. The third-order valence-corrected chi connectivity index (χ3v) is 3.18. The van der Waals surface area contributed by atoms with E-state index >= 15 is 0 Å². The van der Waals surface area contributed by atoms with Crippen LogP contribution in [0.25, 0.3) is 11.1 Å². The SMILES string of the molecule is c1ccc(-c2ccccc2CC2OCCO2)cc1. The molecule has 2 aromatic rings. The van der Waals surface area contributed by atoms with Crippen LogP contribution in [0, 0.1) is 0 Å². The summed E-state index contributed by atoms with van der Waals surface area (Å²) >= 11 is 0. The lowest BCUT2D eigenvalue weighted by atomic mass is 9.98. The van der Waals surface area contributed by atoms with Gasteiger partial charge in [-0.05, 0) is 16.7 Å². The van der Waals surface area contributed by atoms with E-state index in [2.05, 4.69) is 48.5 Å². The van der Waals surface area contributed by atoms with Crippen molar-refractivity contribution in [3.05, 3.63) is 60.2 Å². The zero-order valence-corrected chi connectivity index (χ0v) is 10.2. The summed E-state index contributed by atoms with van der Waals surface area (Å²) in [4.78, 5) is 0. The van der Waals surface area contributed by atoms with Gasteiger partial charge in [-0.1, -0.05) is 54.6 Å². The smallest absolute Gasteiger partial charge is 0.161 e. The van der Waals surface area contributed by atoms with Crippen LogP contribution in [-0.2, 0) is 15.9 Å². The fraction of sp³-hybridized carbons (Fsp3) is 0.250. The average Bonchev–Trinajstić information content (AvgIpc) is 2.93. The van der Waals surface area contributed by atoms with Crippen LogP contribution in [0.1, 0.15) is 5.56 Å². The van der Waals surface area contributed by atoms with Crippen molar-refractivity contribution in [1.29, 1.82) is 0 Å². The molecule has 0 N–H and O–H groups in total. The van der Waals surface area contributed by atoms with Crippen LogP contribution in [-0.4, -0.2) is 19.5 Å². The Balaban J connectivity index is 1.90. The Bertz CT molecular complexity index is 502. The molecule has 0 aromatic heterocycles. The summed E-state index contributed by atoms with van der Waals surface area (Å²) in [5.74, 6) is 0. The fourth-order valence-corrected chi connectivity index (χ4v) is 2.30. The summed E-state index contributed by atoms with van der Waals surface area (Å²) in [6.07, 6.45) is 0.722. The summed E-state index contributed by atoms with van der Waals surface area (Å²) in [5, 5.41) is 0. The molecule has 0 amide bonds. The second-order valence-electron chi connectivity index (χ2n) is 4.40. The molecule has 1 saturated heterocycles. The van der Waals surface area contributed by atoms with Gasteiger partial charge >= 0.3 is 0 Å². The lowest BCUT2D eigenvalue weighted by Crippen LogP contribution is -2.11. The molecule has 2 aromatic carbocycles. The van der Waals surface area contributed by atoms with Crippen molar-refractivity contribution in [2.75, 3.05) is 13.2 Å². The van der Waals surface area contributed by atoms with Gasteiger partial charge in [-0.15, -0.1) is 0 Å². The second kappa shape index (κ2) is 5.34. The maximum Gasteiger partial charge on any atom is 0.161 e. The molecule has 18 heavy (non-hydrogen) atoms. The highest BCUT2D eigenvalue weighted by Crippen LogP contribution is 2.25. The van der Waals surface area contributed by atoms with E-state index < -0.39 is 0 Å². The van der Waals surface area contributed by atoms with Crippen LogP contribution in [0.15, 0.2) is 54.6 Å². The summed E-state index contributed by atoms with van der Waals surface area (Å²) in [5.41, 5.74) is 3.78. The molecule has 0 unspecified atom stereocenters. The monoisotopic (exact) mass is 240 g/mol. The van der Waals surface area contributed by atoms with Crippen LogP contribution in [0.2, 0.25) is 0 Å². The highest BCUT2D eigenvalue weighted by atomic mass is 16.7. The number of rotatable bonds is 3. The van der Waals surface area contributed by atoms with Crippen molar-refractivity contribution in [3.8, 4) is 11.1 Å². The van der Waals surface area contributed by atoms with Crippen molar-refractivity contribution >= 4 is 0 Å². The van der Waals surface area contributed by atoms with E-state index in [1.54, 1.807) is 0 Å². The average molecular weight is 240 g/mol. The van der Waals surface area contributed by atoms with E-state index in [-0.39, 0.29) is 6.29 Å². The molecule has 1 aliphatic rings. The fourth-order valence-electron chi connectivity index (χ4n) is 2.30. The first-order valence-electron chi connectivity index (χ1n) is 6.30. The van der Waals surface area contributed by atoms with Gasteiger partial charge in [0.2, 0.25) is 0 Å².